The molecule has 2 aliphatic rings. The van der Waals surface area contributed by atoms with Crippen molar-refractivity contribution in [3.8, 4) is 0 Å². The number of hydrogen-bond donors (Lipinski definition) is 0. The first-order valence-electron chi connectivity index (χ1n) is 8.18. The van der Waals surface area contributed by atoms with Crippen LogP contribution >= 0.6 is 15.9 Å². The van der Waals surface area contributed by atoms with Gasteiger partial charge in [-0.1, -0.05) is 41.6 Å². The van der Waals surface area contributed by atoms with Gasteiger partial charge in [-0.25, -0.2) is 0 Å². The average molecular weight is 331 g/mol. The van der Waals surface area contributed by atoms with Crippen LogP contribution in [0.3, 0.4) is 0 Å². The fourth-order valence-corrected chi connectivity index (χ4v) is 4.46. The predicted molar refractivity (Wildman–Crippen MR) is 87.1 cm³/mol. The normalized spacial score (nSPS) is 26.5. The van der Waals surface area contributed by atoms with Gasteiger partial charge in [0.1, 0.15) is 0 Å². The predicted octanol–water partition coefficient (Wildman–Crippen LogP) is 3.75. The van der Waals surface area contributed by atoms with E-state index < -0.39 is 0 Å². The molecule has 1 saturated heterocycles. The van der Waals surface area contributed by atoms with Crippen LogP contribution in [0, 0.1) is 5.41 Å². The van der Waals surface area contributed by atoms with Gasteiger partial charge in [-0.2, -0.15) is 0 Å². The summed E-state index contributed by atoms with van der Waals surface area (Å²) in [5.41, 5.74) is 0.566. The maximum absolute atomic E-state index is 3.83. The maximum atomic E-state index is 3.83. The Morgan fingerprint density at radius 1 is 0.947 bits per heavy atom. The average Bonchev–Trinajstić information content (AvgIpc) is 2.65. The Balaban J connectivity index is 1.85. The van der Waals surface area contributed by atoms with Crippen molar-refractivity contribution in [1.82, 2.24) is 9.80 Å². The highest BCUT2D eigenvalue weighted by Gasteiger charge is 2.33. The van der Waals surface area contributed by atoms with Gasteiger partial charge in [0, 0.05) is 44.1 Å². The van der Waals surface area contributed by atoms with Crippen molar-refractivity contribution in [3.05, 3.63) is 0 Å². The molecule has 1 aliphatic heterocycles. The maximum Gasteiger partial charge on any atom is 0.0113 e. The molecule has 2 fully saturated rings. The summed E-state index contributed by atoms with van der Waals surface area (Å²) in [7, 11) is 0. The molecule has 0 unspecified atom stereocenters. The first kappa shape index (κ1) is 15.8. The van der Waals surface area contributed by atoms with E-state index >= 15 is 0 Å². The second kappa shape index (κ2) is 7.42. The zero-order chi connectivity index (χ0) is 13.7. The zero-order valence-corrected chi connectivity index (χ0v) is 14.4. The lowest BCUT2D eigenvalue weighted by molar-refractivity contribution is 0.0720. The molecule has 1 saturated carbocycles. The van der Waals surface area contributed by atoms with Crippen molar-refractivity contribution >= 4 is 15.9 Å². The second-order valence-electron chi connectivity index (χ2n) is 6.95. The van der Waals surface area contributed by atoms with Crippen LogP contribution in [-0.4, -0.2) is 53.9 Å². The molecule has 112 valence electrons. The third-order valence-corrected chi connectivity index (χ3v) is 6.33. The lowest BCUT2D eigenvalue weighted by atomic mass is 9.82. The Morgan fingerprint density at radius 2 is 1.53 bits per heavy atom. The van der Waals surface area contributed by atoms with Gasteiger partial charge in [-0.3, -0.25) is 4.90 Å². The van der Waals surface area contributed by atoms with Crippen molar-refractivity contribution in [1.29, 1.82) is 0 Å². The molecule has 0 amide bonds. The quantitative estimate of drug-likeness (QED) is 0.572. The molecule has 0 N–H and O–H groups in total. The van der Waals surface area contributed by atoms with E-state index in [1.165, 1.54) is 76.6 Å². The highest BCUT2D eigenvalue weighted by molar-refractivity contribution is 9.09. The lowest BCUT2D eigenvalue weighted by Gasteiger charge is -2.42. The molecule has 0 bridgehead atoms. The van der Waals surface area contributed by atoms with E-state index in [9.17, 15) is 0 Å². The van der Waals surface area contributed by atoms with Crippen LogP contribution in [0.5, 0.6) is 0 Å². The van der Waals surface area contributed by atoms with Gasteiger partial charge in [0.2, 0.25) is 0 Å². The van der Waals surface area contributed by atoms with Crippen molar-refractivity contribution in [2.24, 2.45) is 5.41 Å². The van der Waals surface area contributed by atoms with E-state index in [1.54, 1.807) is 0 Å². The summed E-state index contributed by atoms with van der Waals surface area (Å²) >= 11 is 3.83. The highest BCUT2D eigenvalue weighted by Crippen LogP contribution is 2.37. The summed E-state index contributed by atoms with van der Waals surface area (Å²) in [4.78, 5) is 5.34. The van der Waals surface area contributed by atoms with Gasteiger partial charge in [0.25, 0.3) is 0 Å². The van der Waals surface area contributed by atoms with Crippen LogP contribution in [0.2, 0.25) is 0 Å². The van der Waals surface area contributed by atoms with Gasteiger partial charge < -0.3 is 4.90 Å². The van der Waals surface area contributed by atoms with Crippen molar-refractivity contribution in [3.63, 3.8) is 0 Å². The summed E-state index contributed by atoms with van der Waals surface area (Å²) < 4.78 is 0. The minimum atomic E-state index is 0.566. The van der Waals surface area contributed by atoms with Gasteiger partial charge in [-0.15, -0.1) is 0 Å². The first-order valence-corrected chi connectivity index (χ1v) is 9.30. The standard InChI is InChI=1S/C16H31BrN2/c1-15(2)19-11-9-18(10-12-19)14-16(13-17)7-5-3-4-6-8-16/h15H,3-14H2,1-2H3. The van der Waals surface area contributed by atoms with Crippen molar-refractivity contribution in [2.45, 2.75) is 58.4 Å². The lowest BCUT2D eigenvalue weighted by Crippen LogP contribution is -2.51. The fourth-order valence-electron chi connectivity index (χ4n) is 3.72. The van der Waals surface area contributed by atoms with Crippen LogP contribution in [0.25, 0.3) is 0 Å². The smallest absolute Gasteiger partial charge is 0.0113 e. The van der Waals surface area contributed by atoms with E-state index in [-0.39, 0.29) is 0 Å². The molecule has 0 radical (unpaired) electrons. The number of piperazine rings is 1. The molecule has 19 heavy (non-hydrogen) atoms. The summed E-state index contributed by atoms with van der Waals surface area (Å²) in [6.07, 6.45) is 8.66. The topological polar surface area (TPSA) is 6.48 Å². The van der Waals surface area contributed by atoms with Gasteiger partial charge in [-0.05, 0) is 32.1 Å². The van der Waals surface area contributed by atoms with Crippen molar-refractivity contribution in [2.75, 3.05) is 38.1 Å². The molecule has 3 heteroatoms. The van der Waals surface area contributed by atoms with Gasteiger partial charge >= 0.3 is 0 Å². The third kappa shape index (κ3) is 4.44. The second-order valence-corrected chi connectivity index (χ2v) is 7.51. The van der Waals surface area contributed by atoms with Crippen LogP contribution in [0.15, 0.2) is 0 Å². The monoisotopic (exact) mass is 330 g/mol. The molecule has 0 aromatic rings. The number of nitrogens with zero attached hydrogens (tertiary/aromatic N) is 2. The number of alkyl halides is 1. The Morgan fingerprint density at radius 3 is 2.00 bits per heavy atom. The Labute approximate surface area is 128 Å². The highest BCUT2D eigenvalue weighted by atomic mass is 79.9. The molecule has 0 aromatic heterocycles. The van der Waals surface area contributed by atoms with E-state index in [4.69, 9.17) is 0 Å². The molecule has 2 rings (SSSR count). The first-order chi connectivity index (χ1) is 9.15. The Hall–Kier alpha value is 0.400. The molecule has 0 atom stereocenters. The van der Waals surface area contributed by atoms with Crippen LogP contribution < -0.4 is 0 Å². The minimum Gasteiger partial charge on any atom is -0.300 e. The van der Waals surface area contributed by atoms with Crippen LogP contribution in [-0.2, 0) is 0 Å². The summed E-state index contributed by atoms with van der Waals surface area (Å²) in [5, 5.41) is 1.20. The zero-order valence-electron chi connectivity index (χ0n) is 12.8. The fraction of sp³-hybridized carbons (Fsp3) is 1.00. The van der Waals surface area contributed by atoms with Gasteiger partial charge in [0.15, 0.2) is 0 Å². The summed E-state index contributed by atoms with van der Waals surface area (Å²) in [5.74, 6) is 0. The van der Waals surface area contributed by atoms with E-state index in [0.29, 0.717) is 11.5 Å². The minimum absolute atomic E-state index is 0.566. The number of halogens is 1. The summed E-state index contributed by atoms with van der Waals surface area (Å²) in [6.45, 7) is 11.0. The molecular formula is C16H31BrN2. The summed E-state index contributed by atoms with van der Waals surface area (Å²) in [6, 6.07) is 0.713. The van der Waals surface area contributed by atoms with E-state index in [2.05, 4.69) is 39.6 Å². The molecule has 2 nitrogen and oxygen atoms in total. The Kier molecular flexibility index (Phi) is 6.16. The number of hydrogen-bond acceptors (Lipinski definition) is 2. The van der Waals surface area contributed by atoms with Crippen LogP contribution in [0.4, 0.5) is 0 Å². The molecular weight excluding hydrogens is 300 g/mol. The van der Waals surface area contributed by atoms with Gasteiger partial charge in [0.05, 0.1) is 0 Å². The van der Waals surface area contributed by atoms with Crippen molar-refractivity contribution < 1.29 is 0 Å². The molecule has 0 aromatic carbocycles. The largest absolute Gasteiger partial charge is 0.300 e. The third-order valence-electron chi connectivity index (χ3n) is 5.14. The van der Waals surface area contributed by atoms with Crippen LogP contribution in [0.1, 0.15) is 52.4 Å². The number of rotatable bonds is 4. The van der Waals surface area contributed by atoms with E-state index in [1.807, 2.05) is 0 Å². The molecule has 1 aliphatic carbocycles. The van der Waals surface area contributed by atoms with E-state index in [0.717, 1.165) is 0 Å². The molecule has 1 heterocycles. The Bertz CT molecular complexity index is 251. The SMILES string of the molecule is CC(C)N1CCN(CC2(CBr)CCCCCC2)CC1. The molecule has 0 spiro atoms.